The van der Waals surface area contributed by atoms with E-state index < -0.39 is 0 Å². The van der Waals surface area contributed by atoms with Crippen LogP contribution in [0.15, 0.2) is 24.3 Å². The van der Waals surface area contributed by atoms with Crippen molar-refractivity contribution >= 4 is 22.9 Å². The van der Waals surface area contributed by atoms with Crippen molar-refractivity contribution in [2.24, 2.45) is 5.73 Å². The molecular weight excluding hydrogens is 244 g/mol. The first-order chi connectivity index (χ1) is 8.48. The summed E-state index contributed by atoms with van der Waals surface area (Å²) in [4.78, 5) is 0.435. The topological polar surface area (TPSA) is 47.3 Å². The van der Waals surface area contributed by atoms with Crippen LogP contribution in [0.5, 0.6) is 0 Å². The standard InChI is InChI=1S/C14H20N2OS/c1-14(2)9-10(7-8-17-14)16-12-6-4-3-5-11(12)13(15)18/h3-6,10,16H,7-9H2,1-2H3,(H2,15,18). The van der Waals surface area contributed by atoms with Crippen molar-refractivity contribution in [3.63, 3.8) is 0 Å². The fourth-order valence-corrected chi connectivity index (χ4v) is 2.58. The van der Waals surface area contributed by atoms with Crippen LogP contribution in [0.3, 0.4) is 0 Å². The van der Waals surface area contributed by atoms with Crippen LogP contribution >= 0.6 is 12.2 Å². The second kappa shape index (κ2) is 5.24. The summed E-state index contributed by atoms with van der Waals surface area (Å²) >= 11 is 5.08. The number of hydrogen-bond acceptors (Lipinski definition) is 3. The van der Waals surface area contributed by atoms with E-state index in [1.165, 1.54) is 0 Å². The Kier molecular flexibility index (Phi) is 3.88. The van der Waals surface area contributed by atoms with Gasteiger partial charge in [0.15, 0.2) is 0 Å². The Hall–Kier alpha value is -1.13. The highest BCUT2D eigenvalue weighted by molar-refractivity contribution is 7.80. The third kappa shape index (κ3) is 3.21. The fraction of sp³-hybridized carbons (Fsp3) is 0.500. The number of nitrogens with one attached hydrogen (secondary N) is 1. The molecule has 1 aliphatic rings. The van der Waals surface area contributed by atoms with E-state index in [-0.39, 0.29) is 5.60 Å². The van der Waals surface area contributed by atoms with Gasteiger partial charge in [0, 0.05) is 23.9 Å². The molecule has 1 atom stereocenters. The smallest absolute Gasteiger partial charge is 0.106 e. The molecule has 1 unspecified atom stereocenters. The number of benzene rings is 1. The monoisotopic (exact) mass is 264 g/mol. The molecule has 1 aromatic carbocycles. The van der Waals surface area contributed by atoms with Crippen molar-refractivity contribution in [2.75, 3.05) is 11.9 Å². The van der Waals surface area contributed by atoms with E-state index in [1.807, 2.05) is 24.3 Å². The number of rotatable bonds is 3. The third-order valence-corrected chi connectivity index (χ3v) is 3.47. The lowest BCUT2D eigenvalue weighted by molar-refractivity contribution is -0.0553. The molecule has 0 bridgehead atoms. The highest BCUT2D eigenvalue weighted by Gasteiger charge is 2.28. The SMILES string of the molecule is CC1(C)CC(Nc2ccccc2C(N)=S)CCO1. The van der Waals surface area contributed by atoms with Gasteiger partial charge in [-0.15, -0.1) is 0 Å². The molecule has 4 heteroatoms. The number of ether oxygens (including phenoxy) is 1. The van der Waals surface area contributed by atoms with Gasteiger partial charge in [-0.2, -0.15) is 0 Å². The minimum absolute atomic E-state index is 0.0614. The largest absolute Gasteiger partial charge is 0.389 e. The first-order valence-electron chi connectivity index (χ1n) is 6.27. The van der Waals surface area contributed by atoms with E-state index in [1.54, 1.807) is 0 Å². The van der Waals surface area contributed by atoms with Gasteiger partial charge in [-0.25, -0.2) is 0 Å². The molecule has 0 aliphatic carbocycles. The zero-order chi connectivity index (χ0) is 13.2. The predicted molar refractivity (Wildman–Crippen MR) is 79.0 cm³/mol. The van der Waals surface area contributed by atoms with Gasteiger partial charge in [-0.3, -0.25) is 0 Å². The average molecular weight is 264 g/mol. The number of thiocarbonyl (C=S) groups is 1. The molecule has 1 fully saturated rings. The number of hydrogen-bond donors (Lipinski definition) is 2. The molecule has 0 aromatic heterocycles. The van der Waals surface area contributed by atoms with Crippen molar-refractivity contribution in [2.45, 2.75) is 38.3 Å². The van der Waals surface area contributed by atoms with Gasteiger partial charge in [0.05, 0.1) is 5.60 Å². The van der Waals surface area contributed by atoms with E-state index in [0.29, 0.717) is 11.0 Å². The molecular formula is C14H20N2OS. The second-order valence-electron chi connectivity index (χ2n) is 5.35. The summed E-state index contributed by atoms with van der Waals surface area (Å²) < 4.78 is 5.72. The number of para-hydroxylation sites is 1. The first kappa shape index (κ1) is 13.3. The van der Waals surface area contributed by atoms with Crippen LogP contribution in [0.4, 0.5) is 5.69 Å². The molecule has 1 saturated heterocycles. The average Bonchev–Trinajstić information content (AvgIpc) is 2.28. The van der Waals surface area contributed by atoms with Crippen molar-refractivity contribution < 1.29 is 4.74 Å². The fourth-order valence-electron chi connectivity index (χ4n) is 2.40. The maximum atomic E-state index is 5.74. The van der Waals surface area contributed by atoms with Crippen LogP contribution in [-0.4, -0.2) is 23.2 Å². The van der Waals surface area contributed by atoms with Crippen molar-refractivity contribution in [1.82, 2.24) is 0 Å². The summed E-state index contributed by atoms with van der Waals surface area (Å²) in [5.74, 6) is 0. The maximum Gasteiger partial charge on any atom is 0.106 e. The van der Waals surface area contributed by atoms with Crippen LogP contribution in [0, 0.1) is 0 Å². The summed E-state index contributed by atoms with van der Waals surface area (Å²) in [5.41, 5.74) is 7.61. The van der Waals surface area contributed by atoms with E-state index in [9.17, 15) is 0 Å². The van der Waals surface area contributed by atoms with Crippen LogP contribution in [0.25, 0.3) is 0 Å². The van der Waals surface area contributed by atoms with E-state index in [0.717, 1.165) is 30.7 Å². The van der Waals surface area contributed by atoms with E-state index in [4.69, 9.17) is 22.7 Å². The molecule has 1 aliphatic heterocycles. The zero-order valence-corrected chi connectivity index (χ0v) is 11.7. The van der Waals surface area contributed by atoms with Gasteiger partial charge < -0.3 is 15.8 Å². The molecule has 98 valence electrons. The normalized spacial score (nSPS) is 22.4. The molecule has 18 heavy (non-hydrogen) atoms. The molecule has 2 rings (SSSR count). The predicted octanol–water partition coefficient (Wildman–Crippen LogP) is 2.69. The Morgan fingerprint density at radius 2 is 2.17 bits per heavy atom. The summed E-state index contributed by atoms with van der Waals surface area (Å²) in [6, 6.07) is 8.33. The Morgan fingerprint density at radius 1 is 1.44 bits per heavy atom. The molecule has 0 saturated carbocycles. The molecule has 1 heterocycles. The van der Waals surface area contributed by atoms with Gasteiger partial charge >= 0.3 is 0 Å². The molecule has 0 amide bonds. The molecule has 3 nitrogen and oxygen atoms in total. The second-order valence-corrected chi connectivity index (χ2v) is 5.79. The van der Waals surface area contributed by atoms with Gasteiger partial charge in [0.2, 0.25) is 0 Å². The highest BCUT2D eigenvalue weighted by Crippen LogP contribution is 2.27. The highest BCUT2D eigenvalue weighted by atomic mass is 32.1. The van der Waals surface area contributed by atoms with Crippen LogP contribution in [0.1, 0.15) is 32.3 Å². The molecule has 0 spiro atoms. The summed E-state index contributed by atoms with van der Waals surface area (Å²) in [6.07, 6.45) is 1.99. The maximum absolute atomic E-state index is 5.74. The quantitative estimate of drug-likeness (QED) is 0.824. The summed E-state index contributed by atoms with van der Waals surface area (Å²) in [5, 5.41) is 3.54. The molecule has 3 N–H and O–H groups in total. The Bertz CT molecular complexity index is 445. The van der Waals surface area contributed by atoms with Crippen molar-refractivity contribution in [3.05, 3.63) is 29.8 Å². The molecule has 1 aromatic rings. The minimum atomic E-state index is -0.0614. The lowest BCUT2D eigenvalue weighted by Crippen LogP contribution is -2.40. The summed E-state index contributed by atoms with van der Waals surface area (Å²) in [7, 11) is 0. The Labute approximate surface area is 114 Å². The van der Waals surface area contributed by atoms with Crippen LogP contribution < -0.4 is 11.1 Å². The Morgan fingerprint density at radius 3 is 2.83 bits per heavy atom. The van der Waals surface area contributed by atoms with Gasteiger partial charge in [-0.05, 0) is 38.8 Å². The van der Waals surface area contributed by atoms with E-state index in [2.05, 4.69) is 19.2 Å². The van der Waals surface area contributed by atoms with Gasteiger partial charge in [0.1, 0.15) is 4.99 Å². The van der Waals surface area contributed by atoms with Crippen molar-refractivity contribution in [1.29, 1.82) is 0 Å². The van der Waals surface area contributed by atoms with Gasteiger partial charge in [0.25, 0.3) is 0 Å². The first-order valence-corrected chi connectivity index (χ1v) is 6.68. The number of nitrogens with two attached hydrogens (primary N) is 1. The lowest BCUT2D eigenvalue weighted by Gasteiger charge is -2.36. The Balaban J connectivity index is 2.12. The van der Waals surface area contributed by atoms with E-state index >= 15 is 0 Å². The third-order valence-electron chi connectivity index (χ3n) is 3.25. The number of anilines is 1. The minimum Gasteiger partial charge on any atom is -0.389 e. The van der Waals surface area contributed by atoms with Gasteiger partial charge in [-0.1, -0.05) is 24.4 Å². The van der Waals surface area contributed by atoms with Crippen molar-refractivity contribution in [3.8, 4) is 0 Å². The molecule has 0 radical (unpaired) electrons. The summed E-state index contributed by atoms with van der Waals surface area (Å²) in [6.45, 7) is 5.04. The van der Waals surface area contributed by atoms with Crippen LogP contribution in [0.2, 0.25) is 0 Å². The zero-order valence-electron chi connectivity index (χ0n) is 10.9. The van der Waals surface area contributed by atoms with Crippen LogP contribution in [-0.2, 0) is 4.74 Å². The lowest BCUT2D eigenvalue weighted by atomic mass is 9.93.